The van der Waals surface area contributed by atoms with Crippen LogP contribution in [0.4, 0.5) is 0 Å². The molecule has 14 heavy (non-hydrogen) atoms. The summed E-state index contributed by atoms with van der Waals surface area (Å²) >= 11 is 7.26. The van der Waals surface area contributed by atoms with Gasteiger partial charge in [0.1, 0.15) is 5.69 Å². The molecule has 0 radical (unpaired) electrons. The average molecular weight is 228 g/mol. The number of rotatable bonds is 3. The number of carbonyl (C=O) groups excluding carboxylic acids is 1. The molecule has 6 heteroatoms. The zero-order valence-electron chi connectivity index (χ0n) is 7.05. The van der Waals surface area contributed by atoms with Crippen molar-refractivity contribution in [2.24, 2.45) is 0 Å². The Morgan fingerprint density at radius 3 is 3.00 bits per heavy atom. The number of carbonyl (C=O) groups is 1. The van der Waals surface area contributed by atoms with Gasteiger partial charge in [0, 0.05) is 4.88 Å². The molecule has 0 atom stereocenters. The summed E-state index contributed by atoms with van der Waals surface area (Å²) in [5, 5.41) is 7.44. The largest absolute Gasteiger partial charge is 0.296 e. The minimum absolute atomic E-state index is 0.340. The molecule has 2 aromatic heterocycles. The fourth-order valence-corrected chi connectivity index (χ4v) is 2.12. The van der Waals surface area contributed by atoms with Crippen molar-refractivity contribution >= 4 is 29.2 Å². The number of halogens is 1. The monoisotopic (exact) mass is 227 g/mol. The van der Waals surface area contributed by atoms with E-state index in [9.17, 15) is 4.79 Å². The highest BCUT2D eigenvalue weighted by molar-refractivity contribution is 7.16. The van der Waals surface area contributed by atoms with Gasteiger partial charge in [-0.2, -0.15) is 0 Å². The van der Waals surface area contributed by atoms with Crippen LogP contribution in [0.25, 0.3) is 0 Å². The first kappa shape index (κ1) is 9.36. The Morgan fingerprint density at radius 2 is 2.43 bits per heavy atom. The number of hydrogen-bond acceptors (Lipinski definition) is 4. The third kappa shape index (κ3) is 2.00. The van der Waals surface area contributed by atoms with E-state index >= 15 is 0 Å². The van der Waals surface area contributed by atoms with Crippen LogP contribution in [0.5, 0.6) is 0 Å². The summed E-state index contributed by atoms with van der Waals surface area (Å²) in [5.74, 6) is 0. The molecule has 0 aliphatic rings. The van der Waals surface area contributed by atoms with Gasteiger partial charge in [-0.05, 0) is 12.1 Å². The second kappa shape index (κ2) is 3.89. The maximum atomic E-state index is 10.3. The molecule has 0 saturated carbocycles. The van der Waals surface area contributed by atoms with Crippen molar-refractivity contribution < 1.29 is 4.79 Å². The predicted molar refractivity (Wildman–Crippen MR) is 53.8 cm³/mol. The first-order chi connectivity index (χ1) is 6.78. The van der Waals surface area contributed by atoms with Crippen molar-refractivity contribution in [1.82, 2.24) is 15.0 Å². The molecule has 0 spiro atoms. The molecule has 72 valence electrons. The first-order valence-corrected chi connectivity index (χ1v) is 5.07. The molecular formula is C8H6ClN3OS. The summed E-state index contributed by atoms with van der Waals surface area (Å²) in [5.41, 5.74) is 0.340. The third-order valence-corrected chi connectivity index (χ3v) is 2.84. The summed E-state index contributed by atoms with van der Waals surface area (Å²) in [6, 6.07) is 3.76. The average Bonchev–Trinajstić information content (AvgIpc) is 2.76. The fraction of sp³-hybridized carbons (Fsp3) is 0.125. The van der Waals surface area contributed by atoms with Crippen LogP contribution in [-0.4, -0.2) is 21.3 Å². The lowest BCUT2D eigenvalue weighted by Gasteiger charge is -1.94. The van der Waals surface area contributed by atoms with Crippen molar-refractivity contribution in [3.05, 3.63) is 33.2 Å². The van der Waals surface area contributed by atoms with E-state index in [1.165, 1.54) is 11.3 Å². The molecule has 0 N–H and O–H groups in total. The van der Waals surface area contributed by atoms with Gasteiger partial charge in [0.15, 0.2) is 6.29 Å². The summed E-state index contributed by atoms with van der Waals surface area (Å²) in [6.45, 7) is 0.595. The van der Waals surface area contributed by atoms with E-state index in [0.717, 1.165) is 9.21 Å². The van der Waals surface area contributed by atoms with Gasteiger partial charge in [0.2, 0.25) is 0 Å². The molecule has 0 aromatic carbocycles. The zero-order chi connectivity index (χ0) is 9.97. The Morgan fingerprint density at radius 1 is 1.57 bits per heavy atom. The van der Waals surface area contributed by atoms with E-state index in [0.29, 0.717) is 18.5 Å². The second-order valence-electron chi connectivity index (χ2n) is 2.66. The maximum absolute atomic E-state index is 10.3. The first-order valence-electron chi connectivity index (χ1n) is 3.87. The number of thiophene rings is 1. The summed E-state index contributed by atoms with van der Waals surface area (Å²) in [4.78, 5) is 11.4. The smallest absolute Gasteiger partial charge is 0.171 e. The molecule has 2 heterocycles. The molecular weight excluding hydrogens is 222 g/mol. The predicted octanol–water partition coefficient (Wildman–Crippen LogP) is 1.85. The van der Waals surface area contributed by atoms with Crippen LogP contribution in [0.2, 0.25) is 4.34 Å². The summed E-state index contributed by atoms with van der Waals surface area (Å²) in [7, 11) is 0. The van der Waals surface area contributed by atoms with Gasteiger partial charge < -0.3 is 0 Å². The molecule has 0 saturated heterocycles. The van der Waals surface area contributed by atoms with Gasteiger partial charge in [-0.1, -0.05) is 16.8 Å². The topological polar surface area (TPSA) is 47.8 Å². The third-order valence-electron chi connectivity index (χ3n) is 1.62. The standard InChI is InChI=1S/C8H6ClN3OS/c9-8-2-1-7(14-8)4-12-3-6(5-13)10-11-12/h1-3,5H,4H2. The Hall–Kier alpha value is -1.20. The van der Waals surface area contributed by atoms with Gasteiger partial charge in [-0.25, -0.2) is 4.68 Å². The molecule has 0 fully saturated rings. The summed E-state index contributed by atoms with van der Waals surface area (Å²) in [6.07, 6.45) is 2.27. The molecule has 2 aromatic rings. The van der Waals surface area contributed by atoms with Crippen LogP contribution in [-0.2, 0) is 6.54 Å². The van der Waals surface area contributed by atoms with Gasteiger partial charge in [0.25, 0.3) is 0 Å². The molecule has 0 unspecified atom stereocenters. The minimum atomic E-state index is 0.340. The lowest BCUT2D eigenvalue weighted by molar-refractivity contribution is 0.111. The van der Waals surface area contributed by atoms with Crippen LogP contribution in [0.15, 0.2) is 18.3 Å². The molecule has 0 aliphatic carbocycles. The Balaban J connectivity index is 2.14. The Bertz CT molecular complexity index is 451. The molecule has 2 rings (SSSR count). The highest BCUT2D eigenvalue weighted by atomic mass is 35.5. The van der Waals surface area contributed by atoms with Crippen LogP contribution in [0.3, 0.4) is 0 Å². The summed E-state index contributed by atoms with van der Waals surface area (Å²) < 4.78 is 2.35. The molecule has 0 aliphatic heterocycles. The maximum Gasteiger partial charge on any atom is 0.171 e. The fourth-order valence-electron chi connectivity index (χ4n) is 1.04. The van der Waals surface area contributed by atoms with Crippen molar-refractivity contribution in [1.29, 1.82) is 0 Å². The van der Waals surface area contributed by atoms with Crippen molar-refractivity contribution in [2.45, 2.75) is 6.54 Å². The second-order valence-corrected chi connectivity index (χ2v) is 4.46. The normalized spacial score (nSPS) is 10.4. The van der Waals surface area contributed by atoms with Crippen LogP contribution < -0.4 is 0 Å². The van der Waals surface area contributed by atoms with Gasteiger partial charge in [0.05, 0.1) is 17.1 Å². The van der Waals surface area contributed by atoms with Gasteiger partial charge >= 0.3 is 0 Å². The highest BCUT2D eigenvalue weighted by Gasteiger charge is 2.02. The van der Waals surface area contributed by atoms with E-state index < -0.39 is 0 Å². The Kier molecular flexibility index (Phi) is 2.60. The van der Waals surface area contributed by atoms with E-state index in [1.54, 1.807) is 10.9 Å². The lowest BCUT2D eigenvalue weighted by atomic mass is 10.4. The lowest BCUT2D eigenvalue weighted by Crippen LogP contribution is -1.97. The molecule has 0 amide bonds. The van der Waals surface area contributed by atoms with Gasteiger partial charge in [-0.15, -0.1) is 16.4 Å². The zero-order valence-corrected chi connectivity index (χ0v) is 8.63. The highest BCUT2D eigenvalue weighted by Crippen LogP contribution is 2.21. The van der Waals surface area contributed by atoms with Crippen LogP contribution in [0.1, 0.15) is 15.4 Å². The Labute approximate surface area is 89.1 Å². The number of nitrogens with zero attached hydrogens (tertiary/aromatic N) is 3. The SMILES string of the molecule is O=Cc1cn(Cc2ccc(Cl)s2)nn1. The number of hydrogen-bond donors (Lipinski definition) is 0. The van der Waals surface area contributed by atoms with Gasteiger partial charge in [-0.3, -0.25) is 4.79 Å². The van der Waals surface area contributed by atoms with E-state index in [-0.39, 0.29) is 0 Å². The van der Waals surface area contributed by atoms with E-state index in [1.807, 2.05) is 12.1 Å². The van der Waals surface area contributed by atoms with E-state index in [2.05, 4.69) is 10.3 Å². The van der Waals surface area contributed by atoms with Crippen LogP contribution in [0, 0.1) is 0 Å². The minimum Gasteiger partial charge on any atom is -0.296 e. The van der Waals surface area contributed by atoms with Crippen molar-refractivity contribution in [3.63, 3.8) is 0 Å². The van der Waals surface area contributed by atoms with Crippen molar-refractivity contribution in [3.8, 4) is 0 Å². The van der Waals surface area contributed by atoms with Crippen LogP contribution >= 0.6 is 22.9 Å². The molecule has 4 nitrogen and oxygen atoms in total. The van der Waals surface area contributed by atoms with E-state index in [4.69, 9.17) is 11.6 Å². The number of aromatic nitrogens is 3. The quantitative estimate of drug-likeness (QED) is 0.752. The number of aldehydes is 1. The van der Waals surface area contributed by atoms with Crippen molar-refractivity contribution in [2.75, 3.05) is 0 Å². The molecule has 0 bridgehead atoms.